The van der Waals surface area contributed by atoms with Crippen LogP contribution in [0, 0.1) is 0 Å². The fourth-order valence-electron chi connectivity index (χ4n) is 3.77. The second-order valence-electron chi connectivity index (χ2n) is 7.77. The molecule has 29 heavy (non-hydrogen) atoms. The van der Waals surface area contributed by atoms with E-state index < -0.39 is 10.0 Å². The maximum absolute atomic E-state index is 12.5. The lowest BCUT2D eigenvalue weighted by atomic mass is 9.89. The molecule has 1 aliphatic rings. The monoisotopic (exact) mass is 414 g/mol. The highest BCUT2D eigenvalue weighted by Crippen LogP contribution is 2.25. The van der Waals surface area contributed by atoms with Gasteiger partial charge in [-0.3, -0.25) is 4.79 Å². The van der Waals surface area contributed by atoms with Gasteiger partial charge in [0.2, 0.25) is 15.9 Å². The molecule has 0 fully saturated rings. The van der Waals surface area contributed by atoms with Gasteiger partial charge >= 0.3 is 0 Å². The third-order valence-electron chi connectivity index (χ3n) is 5.58. The maximum atomic E-state index is 12.5. The highest BCUT2D eigenvalue weighted by atomic mass is 32.2. The fraction of sp³-hybridized carbons (Fsp3) is 0.435. The predicted molar refractivity (Wildman–Crippen MR) is 115 cm³/mol. The van der Waals surface area contributed by atoms with Crippen molar-refractivity contribution in [1.82, 2.24) is 9.62 Å². The summed E-state index contributed by atoms with van der Waals surface area (Å²) in [4.78, 5) is 12.6. The van der Waals surface area contributed by atoms with Crippen LogP contribution in [0.5, 0.6) is 0 Å². The number of aryl methyl sites for hydroxylation is 2. The van der Waals surface area contributed by atoms with Crippen LogP contribution in [-0.2, 0) is 27.7 Å². The summed E-state index contributed by atoms with van der Waals surface area (Å²) in [6.45, 7) is 2.30. The SMILES string of the molecule is C[C@@H](NC(=O)CCCN(C)S(=O)(=O)c1ccccc1)c1ccc2c(c1)CCCC2. The number of nitrogens with zero attached hydrogens (tertiary/aromatic N) is 1. The molecule has 0 radical (unpaired) electrons. The molecule has 0 unspecified atom stereocenters. The number of fused-ring (bicyclic) bond motifs is 1. The number of hydrogen-bond acceptors (Lipinski definition) is 3. The van der Waals surface area contributed by atoms with E-state index in [1.807, 2.05) is 6.92 Å². The van der Waals surface area contributed by atoms with Crippen LogP contribution >= 0.6 is 0 Å². The van der Waals surface area contributed by atoms with Crippen LogP contribution in [0.15, 0.2) is 53.4 Å². The van der Waals surface area contributed by atoms with E-state index in [1.54, 1.807) is 37.4 Å². The molecule has 0 saturated heterocycles. The second-order valence-corrected chi connectivity index (χ2v) is 9.81. The maximum Gasteiger partial charge on any atom is 0.242 e. The average Bonchev–Trinajstić information content (AvgIpc) is 2.73. The highest BCUT2D eigenvalue weighted by molar-refractivity contribution is 7.89. The highest BCUT2D eigenvalue weighted by Gasteiger charge is 2.20. The molecule has 0 aliphatic heterocycles. The predicted octanol–water partition coefficient (Wildman–Crippen LogP) is 3.84. The van der Waals surface area contributed by atoms with Gasteiger partial charge in [0, 0.05) is 20.0 Å². The zero-order valence-electron chi connectivity index (χ0n) is 17.2. The molecule has 0 aromatic heterocycles. The molecule has 0 bridgehead atoms. The second kappa shape index (κ2) is 9.55. The molecular weight excluding hydrogens is 384 g/mol. The van der Waals surface area contributed by atoms with Gasteiger partial charge in [0.1, 0.15) is 0 Å². The normalized spacial score (nSPS) is 15.0. The van der Waals surface area contributed by atoms with Crippen molar-refractivity contribution >= 4 is 15.9 Å². The molecule has 1 N–H and O–H groups in total. The smallest absolute Gasteiger partial charge is 0.242 e. The molecule has 5 nitrogen and oxygen atoms in total. The Labute approximate surface area is 174 Å². The van der Waals surface area contributed by atoms with Crippen molar-refractivity contribution < 1.29 is 13.2 Å². The molecule has 3 rings (SSSR count). The molecular formula is C23H30N2O3S. The van der Waals surface area contributed by atoms with Crippen LogP contribution in [0.2, 0.25) is 0 Å². The van der Waals surface area contributed by atoms with Crippen molar-refractivity contribution in [2.24, 2.45) is 0 Å². The van der Waals surface area contributed by atoms with Crippen LogP contribution < -0.4 is 5.32 Å². The molecule has 156 valence electrons. The summed E-state index contributed by atoms with van der Waals surface area (Å²) >= 11 is 0. The van der Waals surface area contributed by atoms with Crippen molar-refractivity contribution in [2.45, 2.75) is 56.4 Å². The molecule has 6 heteroatoms. The number of benzene rings is 2. The Morgan fingerprint density at radius 3 is 2.48 bits per heavy atom. The van der Waals surface area contributed by atoms with Gasteiger partial charge < -0.3 is 5.32 Å². The van der Waals surface area contributed by atoms with Gasteiger partial charge in [0.15, 0.2) is 0 Å². The van der Waals surface area contributed by atoms with Gasteiger partial charge in [-0.25, -0.2) is 12.7 Å². The van der Waals surface area contributed by atoms with Gasteiger partial charge in [-0.1, -0.05) is 36.4 Å². The summed E-state index contributed by atoms with van der Waals surface area (Å²) in [5.41, 5.74) is 3.96. The fourth-order valence-corrected chi connectivity index (χ4v) is 5.00. The number of carbonyl (C=O) groups excluding carboxylic acids is 1. The molecule has 1 aliphatic carbocycles. The summed E-state index contributed by atoms with van der Waals surface area (Å²) in [6, 6.07) is 14.8. The first-order valence-corrected chi connectivity index (χ1v) is 11.7. The number of rotatable bonds is 8. The molecule has 0 saturated carbocycles. The van der Waals surface area contributed by atoms with E-state index in [-0.39, 0.29) is 16.8 Å². The lowest BCUT2D eigenvalue weighted by Gasteiger charge is -2.20. The van der Waals surface area contributed by atoms with Gasteiger partial charge in [-0.05, 0) is 67.9 Å². The first kappa shape index (κ1) is 21.5. The lowest BCUT2D eigenvalue weighted by molar-refractivity contribution is -0.121. The van der Waals surface area contributed by atoms with E-state index in [2.05, 4.69) is 23.5 Å². The standard InChI is InChI=1S/C23H30N2O3S/c1-18(20-15-14-19-9-6-7-10-21(19)17-20)24-23(26)13-8-16-25(2)29(27,28)22-11-4-3-5-12-22/h3-5,11-12,14-15,17-18H,6-10,13,16H2,1-2H3,(H,24,26)/t18-/m1/s1. The van der Waals surface area contributed by atoms with E-state index in [1.165, 1.54) is 28.3 Å². The van der Waals surface area contributed by atoms with Crippen LogP contribution in [0.25, 0.3) is 0 Å². The zero-order valence-corrected chi connectivity index (χ0v) is 18.0. The Balaban J connectivity index is 1.48. The van der Waals surface area contributed by atoms with E-state index in [0.717, 1.165) is 18.4 Å². The van der Waals surface area contributed by atoms with E-state index in [9.17, 15) is 13.2 Å². The van der Waals surface area contributed by atoms with Crippen LogP contribution in [0.1, 0.15) is 55.3 Å². The Morgan fingerprint density at radius 1 is 1.07 bits per heavy atom. The number of amides is 1. The molecule has 2 aromatic carbocycles. The Hall–Kier alpha value is -2.18. The molecule has 2 aromatic rings. The number of carbonyl (C=O) groups is 1. The minimum absolute atomic E-state index is 0.0549. The van der Waals surface area contributed by atoms with Gasteiger partial charge in [0.05, 0.1) is 10.9 Å². The molecule has 1 amide bonds. The van der Waals surface area contributed by atoms with E-state index in [4.69, 9.17) is 0 Å². The number of hydrogen-bond donors (Lipinski definition) is 1. The first-order chi connectivity index (χ1) is 13.9. The largest absolute Gasteiger partial charge is 0.350 e. The van der Waals surface area contributed by atoms with Crippen molar-refractivity contribution in [3.63, 3.8) is 0 Å². The molecule has 1 atom stereocenters. The number of nitrogens with one attached hydrogen (secondary N) is 1. The van der Waals surface area contributed by atoms with E-state index in [0.29, 0.717) is 19.4 Å². The van der Waals surface area contributed by atoms with Crippen molar-refractivity contribution in [3.8, 4) is 0 Å². The van der Waals surface area contributed by atoms with Crippen LogP contribution in [0.3, 0.4) is 0 Å². The summed E-state index contributed by atoms with van der Waals surface area (Å²) in [5.74, 6) is -0.0549. The summed E-state index contributed by atoms with van der Waals surface area (Å²) in [6.07, 6.45) is 5.53. The Kier molecular flexibility index (Phi) is 7.09. The third-order valence-corrected chi connectivity index (χ3v) is 7.45. The topological polar surface area (TPSA) is 66.5 Å². The van der Waals surface area contributed by atoms with Crippen LogP contribution in [-0.4, -0.2) is 32.2 Å². The quantitative estimate of drug-likeness (QED) is 0.714. The summed E-state index contributed by atoms with van der Waals surface area (Å²) < 4.78 is 26.3. The van der Waals surface area contributed by atoms with Crippen molar-refractivity contribution in [3.05, 3.63) is 65.2 Å². The minimum Gasteiger partial charge on any atom is -0.350 e. The summed E-state index contributed by atoms with van der Waals surface area (Å²) in [7, 11) is -1.96. The van der Waals surface area contributed by atoms with Crippen molar-refractivity contribution in [1.29, 1.82) is 0 Å². The lowest BCUT2D eigenvalue weighted by Crippen LogP contribution is -2.30. The Bertz CT molecular complexity index is 942. The Morgan fingerprint density at radius 2 is 1.76 bits per heavy atom. The molecule has 0 heterocycles. The first-order valence-electron chi connectivity index (χ1n) is 10.3. The average molecular weight is 415 g/mol. The van der Waals surface area contributed by atoms with Gasteiger partial charge in [0.25, 0.3) is 0 Å². The summed E-state index contributed by atoms with van der Waals surface area (Å²) in [5, 5.41) is 3.04. The number of sulfonamides is 1. The minimum atomic E-state index is -3.51. The van der Waals surface area contributed by atoms with Gasteiger partial charge in [-0.2, -0.15) is 0 Å². The van der Waals surface area contributed by atoms with Gasteiger partial charge in [-0.15, -0.1) is 0 Å². The molecule has 0 spiro atoms. The van der Waals surface area contributed by atoms with Crippen molar-refractivity contribution in [2.75, 3.05) is 13.6 Å². The van der Waals surface area contributed by atoms with E-state index >= 15 is 0 Å². The third kappa shape index (κ3) is 5.46. The zero-order chi connectivity index (χ0) is 20.9. The van der Waals surface area contributed by atoms with Crippen LogP contribution in [0.4, 0.5) is 0 Å².